The zero-order valence-electron chi connectivity index (χ0n) is 9.75. The van der Waals surface area contributed by atoms with Crippen LogP contribution in [0.25, 0.3) is 0 Å². The van der Waals surface area contributed by atoms with Gasteiger partial charge in [0.1, 0.15) is 0 Å². The zero-order chi connectivity index (χ0) is 13.7. The third kappa shape index (κ3) is 3.29. The molecule has 0 radical (unpaired) electrons. The summed E-state index contributed by atoms with van der Waals surface area (Å²) in [5, 5.41) is 0. The molecule has 1 rings (SSSR count). The van der Waals surface area contributed by atoms with Crippen LogP contribution in [0.4, 0.5) is 14.5 Å². The molecule has 0 atom stereocenters. The van der Waals surface area contributed by atoms with Crippen molar-refractivity contribution in [3.63, 3.8) is 0 Å². The van der Waals surface area contributed by atoms with Crippen LogP contribution in [0.15, 0.2) is 6.20 Å². The van der Waals surface area contributed by atoms with E-state index in [1.807, 2.05) is 0 Å². The summed E-state index contributed by atoms with van der Waals surface area (Å²) in [5.41, 5.74) is 5.59. The highest BCUT2D eigenvalue weighted by Crippen LogP contribution is 2.29. The molecule has 1 aromatic rings. The molecule has 0 aliphatic carbocycles. The summed E-state index contributed by atoms with van der Waals surface area (Å²) < 4.78 is 30.1. The smallest absolute Gasteiger partial charge is 0.310 e. The Labute approximate surface area is 108 Å². The monoisotopic (exact) mass is 278 g/mol. The number of carbonyl (C=O) groups excluding carboxylic acids is 1. The molecule has 0 fully saturated rings. The number of hydrogen-bond donors (Lipinski definition) is 1. The third-order valence-electron chi connectivity index (χ3n) is 2.33. The molecule has 0 aliphatic rings. The molecule has 0 bridgehead atoms. The molecule has 0 aliphatic heterocycles. The van der Waals surface area contributed by atoms with Crippen LogP contribution in [0.1, 0.15) is 30.2 Å². The topological polar surface area (TPSA) is 65.2 Å². The Morgan fingerprint density at radius 1 is 1.61 bits per heavy atom. The highest BCUT2D eigenvalue weighted by atomic mass is 35.5. The second-order valence-electron chi connectivity index (χ2n) is 3.47. The van der Waals surface area contributed by atoms with Crippen LogP contribution in [-0.4, -0.2) is 17.6 Å². The van der Waals surface area contributed by atoms with Gasteiger partial charge >= 0.3 is 5.97 Å². The van der Waals surface area contributed by atoms with E-state index in [4.69, 9.17) is 22.1 Å². The van der Waals surface area contributed by atoms with Crippen LogP contribution in [-0.2, 0) is 21.8 Å². The number of pyridine rings is 1. The van der Waals surface area contributed by atoms with E-state index in [1.165, 1.54) is 0 Å². The van der Waals surface area contributed by atoms with Gasteiger partial charge < -0.3 is 10.5 Å². The minimum atomic E-state index is -2.75. The first kappa shape index (κ1) is 14.6. The SMILES string of the molecule is CCOC(=O)Cc1c(CCl)ncc(C(F)F)c1N. The maximum atomic E-state index is 12.7. The third-order valence-corrected chi connectivity index (χ3v) is 2.59. The van der Waals surface area contributed by atoms with Crippen molar-refractivity contribution in [2.24, 2.45) is 0 Å². The van der Waals surface area contributed by atoms with E-state index < -0.39 is 18.0 Å². The number of carbonyl (C=O) groups is 1. The summed E-state index contributed by atoms with van der Waals surface area (Å²) in [4.78, 5) is 15.2. The van der Waals surface area contributed by atoms with Crippen LogP contribution in [0.3, 0.4) is 0 Å². The summed E-state index contributed by atoms with van der Waals surface area (Å²) in [6, 6.07) is 0. The molecular formula is C11H13ClF2N2O2. The van der Waals surface area contributed by atoms with Gasteiger partial charge in [0.25, 0.3) is 6.43 Å². The molecule has 7 heteroatoms. The molecule has 0 spiro atoms. The molecule has 0 amide bonds. The number of nitrogens with zero attached hydrogens (tertiary/aromatic N) is 1. The molecule has 4 nitrogen and oxygen atoms in total. The fraction of sp³-hybridized carbons (Fsp3) is 0.455. The average molecular weight is 279 g/mol. The molecule has 0 saturated heterocycles. The molecule has 100 valence electrons. The van der Waals surface area contributed by atoms with E-state index in [-0.39, 0.29) is 30.2 Å². The Kier molecular flexibility index (Phi) is 5.27. The number of nitrogen functional groups attached to an aromatic ring is 1. The first-order chi connectivity index (χ1) is 8.51. The van der Waals surface area contributed by atoms with Gasteiger partial charge in [0.2, 0.25) is 0 Å². The minimum Gasteiger partial charge on any atom is -0.466 e. The quantitative estimate of drug-likeness (QED) is 0.664. The standard InChI is InChI=1S/C11H13ClF2N2O2/c1-2-18-9(17)3-6-8(4-12)16-5-7(10(6)15)11(13)14/h5,11H,2-4H2,1H3,(H2,15,16). The van der Waals surface area contributed by atoms with Gasteiger partial charge in [-0.1, -0.05) is 0 Å². The van der Waals surface area contributed by atoms with Gasteiger partial charge in [-0.2, -0.15) is 0 Å². The van der Waals surface area contributed by atoms with E-state index in [0.717, 1.165) is 6.20 Å². The highest BCUT2D eigenvalue weighted by molar-refractivity contribution is 6.17. The van der Waals surface area contributed by atoms with Gasteiger partial charge in [0.05, 0.1) is 30.2 Å². The number of anilines is 1. The number of hydrogen-bond acceptors (Lipinski definition) is 4. The second-order valence-corrected chi connectivity index (χ2v) is 3.74. The lowest BCUT2D eigenvalue weighted by atomic mass is 10.1. The van der Waals surface area contributed by atoms with Crippen LogP contribution in [0.2, 0.25) is 0 Å². The fourth-order valence-corrected chi connectivity index (χ4v) is 1.70. The largest absolute Gasteiger partial charge is 0.466 e. The van der Waals surface area contributed by atoms with Gasteiger partial charge in [-0.05, 0) is 6.92 Å². The molecule has 0 unspecified atom stereocenters. The Hall–Kier alpha value is -1.43. The number of alkyl halides is 3. The van der Waals surface area contributed by atoms with E-state index >= 15 is 0 Å². The zero-order valence-corrected chi connectivity index (χ0v) is 10.5. The number of ether oxygens (including phenoxy) is 1. The van der Waals surface area contributed by atoms with Gasteiger partial charge in [-0.3, -0.25) is 9.78 Å². The average Bonchev–Trinajstić information content (AvgIpc) is 2.31. The molecule has 0 saturated carbocycles. The lowest BCUT2D eigenvalue weighted by Crippen LogP contribution is -2.13. The molecular weight excluding hydrogens is 266 g/mol. The molecule has 0 aromatic carbocycles. The Morgan fingerprint density at radius 3 is 2.78 bits per heavy atom. The number of nitrogens with two attached hydrogens (primary N) is 1. The van der Waals surface area contributed by atoms with E-state index in [9.17, 15) is 13.6 Å². The Balaban J connectivity index is 3.13. The predicted molar refractivity (Wildman–Crippen MR) is 63.5 cm³/mol. The number of halogens is 3. The molecule has 2 N–H and O–H groups in total. The van der Waals surface area contributed by atoms with Crippen molar-refractivity contribution in [3.05, 3.63) is 23.0 Å². The summed E-state index contributed by atoms with van der Waals surface area (Å²) >= 11 is 5.64. The summed E-state index contributed by atoms with van der Waals surface area (Å²) in [5.74, 6) is -0.564. The van der Waals surface area contributed by atoms with Crippen LogP contribution >= 0.6 is 11.6 Å². The van der Waals surface area contributed by atoms with Crippen molar-refractivity contribution in [2.75, 3.05) is 12.3 Å². The number of aromatic nitrogens is 1. The maximum absolute atomic E-state index is 12.7. The van der Waals surface area contributed by atoms with Crippen molar-refractivity contribution in [3.8, 4) is 0 Å². The van der Waals surface area contributed by atoms with Crippen molar-refractivity contribution < 1.29 is 18.3 Å². The molecule has 1 aromatic heterocycles. The van der Waals surface area contributed by atoms with Gasteiger partial charge in [-0.25, -0.2) is 8.78 Å². The number of esters is 1. The van der Waals surface area contributed by atoms with Gasteiger partial charge in [-0.15, -0.1) is 11.6 Å². The van der Waals surface area contributed by atoms with Gasteiger partial charge in [0.15, 0.2) is 0 Å². The van der Waals surface area contributed by atoms with Crippen molar-refractivity contribution in [2.45, 2.75) is 25.7 Å². The summed E-state index contributed by atoms with van der Waals surface area (Å²) in [7, 11) is 0. The van der Waals surface area contributed by atoms with E-state index in [2.05, 4.69) is 4.98 Å². The Morgan fingerprint density at radius 2 is 2.28 bits per heavy atom. The number of rotatable bonds is 5. The summed E-state index contributed by atoms with van der Waals surface area (Å²) in [6.45, 7) is 1.86. The predicted octanol–water partition coefficient (Wildman–Crippen LogP) is 2.45. The highest BCUT2D eigenvalue weighted by Gasteiger charge is 2.20. The first-order valence-electron chi connectivity index (χ1n) is 5.27. The van der Waals surface area contributed by atoms with Gasteiger partial charge in [0, 0.05) is 17.4 Å². The lowest BCUT2D eigenvalue weighted by Gasteiger charge is -2.13. The van der Waals surface area contributed by atoms with Crippen LogP contribution < -0.4 is 5.73 Å². The van der Waals surface area contributed by atoms with Crippen LogP contribution in [0.5, 0.6) is 0 Å². The van der Waals surface area contributed by atoms with E-state index in [0.29, 0.717) is 5.69 Å². The van der Waals surface area contributed by atoms with Crippen LogP contribution in [0, 0.1) is 0 Å². The fourth-order valence-electron chi connectivity index (χ4n) is 1.47. The van der Waals surface area contributed by atoms with E-state index in [1.54, 1.807) is 6.92 Å². The van der Waals surface area contributed by atoms with Crippen molar-refractivity contribution in [1.82, 2.24) is 4.98 Å². The minimum absolute atomic E-state index is 0.0115. The normalized spacial score (nSPS) is 10.7. The van der Waals surface area contributed by atoms with Crippen molar-refractivity contribution >= 4 is 23.3 Å². The van der Waals surface area contributed by atoms with Crippen molar-refractivity contribution in [1.29, 1.82) is 0 Å². The molecule has 1 heterocycles. The first-order valence-corrected chi connectivity index (χ1v) is 5.80. The molecule has 18 heavy (non-hydrogen) atoms. The second kappa shape index (κ2) is 6.49. The summed E-state index contributed by atoms with van der Waals surface area (Å²) in [6.07, 6.45) is -1.98. The Bertz CT molecular complexity index is 441. The lowest BCUT2D eigenvalue weighted by molar-refractivity contribution is -0.142. The maximum Gasteiger partial charge on any atom is 0.310 e.